The second-order valence-electron chi connectivity index (χ2n) is 6.14. The number of nitrogens with one attached hydrogen (secondary N) is 1. The summed E-state index contributed by atoms with van der Waals surface area (Å²) in [5.74, 6) is 0.611. The first kappa shape index (κ1) is 16.6. The van der Waals surface area contributed by atoms with Crippen LogP contribution in [-0.4, -0.2) is 41.1 Å². The van der Waals surface area contributed by atoms with Gasteiger partial charge in [-0.1, -0.05) is 11.6 Å². The molecule has 0 aliphatic carbocycles. The van der Waals surface area contributed by atoms with E-state index in [9.17, 15) is 4.79 Å². The molecular formula is C19H18ClN5O. The van der Waals surface area contributed by atoms with E-state index in [0.29, 0.717) is 11.6 Å². The van der Waals surface area contributed by atoms with Gasteiger partial charge >= 0.3 is 0 Å². The zero-order valence-corrected chi connectivity index (χ0v) is 14.9. The molecule has 0 atom stereocenters. The number of hydrogen-bond donors (Lipinski definition) is 1. The van der Waals surface area contributed by atoms with E-state index in [1.54, 1.807) is 12.4 Å². The van der Waals surface area contributed by atoms with Crippen molar-refractivity contribution in [1.82, 2.24) is 15.0 Å². The average Bonchev–Trinajstić information content (AvgIpc) is 2.69. The number of rotatable bonds is 3. The van der Waals surface area contributed by atoms with Crippen LogP contribution in [0.1, 0.15) is 0 Å². The zero-order valence-electron chi connectivity index (χ0n) is 14.1. The molecule has 0 amide bonds. The van der Waals surface area contributed by atoms with Gasteiger partial charge in [-0.05, 0) is 36.4 Å². The van der Waals surface area contributed by atoms with Gasteiger partial charge in [-0.25, -0.2) is 4.98 Å². The van der Waals surface area contributed by atoms with Crippen molar-refractivity contribution in [2.24, 2.45) is 0 Å². The van der Waals surface area contributed by atoms with E-state index in [4.69, 9.17) is 11.6 Å². The Morgan fingerprint density at radius 1 is 0.923 bits per heavy atom. The number of aromatic nitrogens is 3. The van der Waals surface area contributed by atoms with Gasteiger partial charge in [0, 0.05) is 60.9 Å². The number of anilines is 2. The number of nitrogens with zero attached hydrogens (tertiary/aromatic N) is 4. The SMILES string of the molecule is O=c1cc(-c2ccncc2)nc(N2CCN(c3ccc(Cl)cc3)CC2)[nH]1. The maximum Gasteiger partial charge on any atom is 0.252 e. The van der Waals surface area contributed by atoms with Crippen LogP contribution in [0.5, 0.6) is 0 Å². The van der Waals surface area contributed by atoms with E-state index in [1.807, 2.05) is 36.4 Å². The summed E-state index contributed by atoms with van der Waals surface area (Å²) >= 11 is 5.96. The molecule has 1 saturated heterocycles. The van der Waals surface area contributed by atoms with Crippen molar-refractivity contribution < 1.29 is 0 Å². The molecule has 2 aromatic heterocycles. The molecule has 3 heterocycles. The fraction of sp³-hybridized carbons (Fsp3) is 0.211. The topological polar surface area (TPSA) is 65.1 Å². The molecule has 26 heavy (non-hydrogen) atoms. The standard InChI is InChI=1S/C19H18ClN5O/c20-15-1-3-16(4-2-15)24-9-11-25(12-10-24)19-22-17(13-18(26)23-19)14-5-7-21-8-6-14/h1-8,13H,9-12H2,(H,22,23,26). The van der Waals surface area contributed by atoms with E-state index in [2.05, 4.69) is 24.8 Å². The second-order valence-corrected chi connectivity index (χ2v) is 6.58. The number of halogens is 1. The van der Waals surface area contributed by atoms with Crippen LogP contribution in [-0.2, 0) is 0 Å². The minimum atomic E-state index is -0.151. The van der Waals surface area contributed by atoms with E-state index in [0.717, 1.165) is 42.5 Å². The molecule has 6 nitrogen and oxygen atoms in total. The predicted octanol–water partition coefficient (Wildman–Crippen LogP) is 2.81. The third-order valence-electron chi connectivity index (χ3n) is 4.48. The molecule has 0 radical (unpaired) electrons. The summed E-state index contributed by atoms with van der Waals surface area (Å²) in [6.07, 6.45) is 3.39. The third kappa shape index (κ3) is 3.55. The van der Waals surface area contributed by atoms with Gasteiger partial charge in [-0.2, -0.15) is 0 Å². The Morgan fingerprint density at radius 3 is 2.27 bits per heavy atom. The van der Waals surface area contributed by atoms with Crippen LogP contribution in [0.25, 0.3) is 11.3 Å². The van der Waals surface area contributed by atoms with Gasteiger partial charge in [0.15, 0.2) is 0 Å². The summed E-state index contributed by atoms with van der Waals surface area (Å²) in [5, 5.41) is 0.738. The van der Waals surface area contributed by atoms with Gasteiger partial charge in [-0.15, -0.1) is 0 Å². The van der Waals surface area contributed by atoms with Crippen molar-refractivity contribution in [1.29, 1.82) is 0 Å². The molecule has 0 unspecified atom stereocenters. The minimum Gasteiger partial charge on any atom is -0.368 e. The quantitative estimate of drug-likeness (QED) is 0.771. The molecule has 132 valence electrons. The first-order chi connectivity index (χ1) is 12.7. The predicted molar refractivity (Wildman–Crippen MR) is 104 cm³/mol. The number of H-pyrrole nitrogens is 1. The summed E-state index contributed by atoms with van der Waals surface area (Å²) < 4.78 is 0. The summed E-state index contributed by atoms with van der Waals surface area (Å²) in [5.41, 5.74) is 2.54. The third-order valence-corrected chi connectivity index (χ3v) is 4.73. The summed E-state index contributed by atoms with van der Waals surface area (Å²) in [7, 11) is 0. The van der Waals surface area contributed by atoms with Gasteiger partial charge in [0.1, 0.15) is 0 Å². The van der Waals surface area contributed by atoms with Crippen LogP contribution in [0.15, 0.2) is 59.7 Å². The van der Waals surface area contributed by atoms with Crippen molar-refractivity contribution in [2.75, 3.05) is 36.0 Å². The van der Waals surface area contributed by atoms with Gasteiger partial charge in [0.25, 0.3) is 5.56 Å². The number of pyridine rings is 1. The van der Waals surface area contributed by atoms with Crippen molar-refractivity contribution in [3.63, 3.8) is 0 Å². The fourth-order valence-electron chi connectivity index (χ4n) is 3.09. The number of aromatic amines is 1. The summed E-state index contributed by atoms with van der Waals surface area (Å²) in [4.78, 5) is 28.0. The molecule has 1 aliphatic heterocycles. The average molecular weight is 368 g/mol. The van der Waals surface area contributed by atoms with Crippen molar-refractivity contribution >= 4 is 23.2 Å². The first-order valence-corrected chi connectivity index (χ1v) is 8.84. The van der Waals surface area contributed by atoms with Gasteiger partial charge < -0.3 is 9.80 Å². The summed E-state index contributed by atoms with van der Waals surface area (Å²) in [6.45, 7) is 3.27. The highest BCUT2D eigenvalue weighted by Crippen LogP contribution is 2.21. The van der Waals surface area contributed by atoms with Crippen LogP contribution in [0.4, 0.5) is 11.6 Å². The van der Waals surface area contributed by atoms with Crippen molar-refractivity contribution in [3.8, 4) is 11.3 Å². The van der Waals surface area contributed by atoms with Crippen LogP contribution >= 0.6 is 11.6 Å². The van der Waals surface area contributed by atoms with E-state index in [1.165, 1.54) is 6.07 Å². The molecule has 1 fully saturated rings. The lowest BCUT2D eigenvalue weighted by molar-refractivity contribution is 0.639. The normalized spacial score (nSPS) is 14.5. The molecule has 1 aliphatic rings. The lowest BCUT2D eigenvalue weighted by Gasteiger charge is -2.36. The van der Waals surface area contributed by atoms with E-state index in [-0.39, 0.29) is 5.56 Å². The second kappa shape index (κ2) is 7.17. The Kier molecular flexibility index (Phi) is 4.58. The Hall–Kier alpha value is -2.86. The molecule has 7 heteroatoms. The Balaban J connectivity index is 1.52. The summed E-state index contributed by atoms with van der Waals surface area (Å²) in [6, 6.07) is 13.1. The molecule has 0 spiro atoms. The Labute approximate surface area is 156 Å². The lowest BCUT2D eigenvalue weighted by Crippen LogP contribution is -2.47. The Bertz CT molecular complexity index is 934. The van der Waals surface area contributed by atoms with Crippen LogP contribution < -0.4 is 15.4 Å². The van der Waals surface area contributed by atoms with E-state index >= 15 is 0 Å². The number of benzene rings is 1. The first-order valence-electron chi connectivity index (χ1n) is 8.46. The van der Waals surface area contributed by atoms with E-state index < -0.39 is 0 Å². The van der Waals surface area contributed by atoms with Crippen molar-refractivity contribution in [3.05, 3.63) is 70.2 Å². The van der Waals surface area contributed by atoms with Gasteiger partial charge in [0.05, 0.1) is 5.69 Å². The largest absolute Gasteiger partial charge is 0.368 e. The zero-order chi connectivity index (χ0) is 17.9. The van der Waals surface area contributed by atoms with Gasteiger partial charge in [0.2, 0.25) is 5.95 Å². The minimum absolute atomic E-state index is 0.151. The molecule has 1 N–H and O–H groups in total. The van der Waals surface area contributed by atoms with Crippen LogP contribution in [0.3, 0.4) is 0 Å². The molecule has 3 aromatic rings. The van der Waals surface area contributed by atoms with Crippen LogP contribution in [0, 0.1) is 0 Å². The Morgan fingerprint density at radius 2 is 1.58 bits per heavy atom. The highest BCUT2D eigenvalue weighted by molar-refractivity contribution is 6.30. The molecular weight excluding hydrogens is 350 g/mol. The fourth-order valence-corrected chi connectivity index (χ4v) is 3.22. The highest BCUT2D eigenvalue weighted by atomic mass is 35.5. The monoisotopic (exact) mass is 367 g/mol. The molecule has 0 saturated carbocycles. The number of hydrogen-bond acceptors (Lipinski definition) is 5. The molecule has 1 aromatic carbocycles. The smallest absolute Gasteiger partial charge is 0.252 e. The molecule has 0 bridgehead atoms. The maximum atomic E-state index is 12.1. The highest BCUT2D eigenvalue weighted by Gasteiger charge is 2.19. The molecule has 4 rings (SSSR count). The lowest BCUT2D eigenvalue weighted by atomic mass is 10.2. The van der Waals surface area contributed by atoms with Crippen LogP contribution in [0.2, 0.25) is 5.02 Å². The van der Waals surface area contributed by atoms with Crippen molar-refractivity contribution in [2.45, 2.75) is 0 Å². The maximum absolute atomic E-state index is 12.1. The number of piperazine rings is 1. The van der Waals surface area contributed by atoms with Gasteiger partial charge in [-0.3, -0.25) is 14.8 Å².